The highest BCUT2D eigenvalue weighted by molar-refractivity contribution is 6.04. The smallest absolute Gasteiger partial charge is 0.325 e. The van der Waals surface area contributed by atoms with E-state index in [2.05, 4.69) is 5.32 Å². The summed E-state index contributed by atoms with van der Waals surface area (Å²) >= 11 is 0. The van der Waals surface area contributed by atoms with E-state index in [4.69, 9.17) is 4.74 Å². The number of carbonyl (C=O) groups is 3. The SMILES string of the molecule is CCCC1NC(=O)N(Cc2cc(C(C)=O)ccc2OCC)C1=O. The lowest BCUT2D eigenvalue weighted by molar-refractivity contribution is -0.128. The number of rotatable bonds is 7. The number of hydrogen-bond acceptors (Lipinski definition) is 4. The van der Waals surface area contributed by atoms with Crippen LogP contribution in [0.5, 0.6) is 5.75 Å². The van der Waals surface area contributed by atoms with Gasteiger partial charge in [0.25, 0.3) is 5.91 Å². The molecule has 6 nitrogen and oxygen atoms in total. The van der Waals surface area contributed by atoms with Gasteiger partial charge in [-0.25, -0.2) is 4.79 Å². The lowest BCUT2D eigenvalue weighted by atomic mass is 10.1. The third-order valence-corrected chi connectivity index (χ3v) is 3.78. The molecule has 0 aliphatic carbocycles. The van der Waals surface area contributed by atoms with Crippen LogP contribution in [0.4, 0.5) is 4.79 Å². The van der Waals surface area contributed by atoms with Crippen molar-refractivity contribution in [1.29, 1.82) is 0 Å². The van der Waals surface area contributed by atoms with E-state index in [1.807, 2.05) is 13.8 Å². The monoisotopic (exact) mass is 318 g/mol. The average Bonchev–Trinajstić information content (AvgIpc) is 2.77. The molecule has 0 bridgehead atoms. The second kappa shape index (κ2) is 7.26. The molecule has 1 N–H and O–H groups in total. The fourth-order valence-electron chi connectivity index (χ4n) is 2.60. The summed E-state index contributed by atoms with van der Waals surface area (Å²) < 4.78 is 5.55. The number of nitrogens with zero attached hydrogens (tertiary/aromatic N) is 1. The van der Waals surface area contributed by atoms with Gasteiger partial charge in [0, 0.05) is 11.1 Å². The fraction of sp³-hybridized carbons (Fsp3) is 0.471. The lowest BCUT2D eigenvalue weighted by Crippen LogP contribution is -2.31. The van der Waals surface area contributed by atoms with Crippen LogP contribution in [0.15, 0.2) is 18.2 Å². The zero-order valence-corrected chi connectivity index (χ0v) is 13.7. The number of imide groups is 1. The summed E-state index contributed by atoms with van der Waals surface area (Å²) in [5.41, 5.74) is 1.18. The second-order valence-electron chi connectivity index (χ2n) is 5.53. The van der Waals surface area contributed by atoms with Crippen molar-refractivity contribution in [3.05, 3.63) is 29.3 Å². The highest BCUT2D eigenvalue weighted by Gasteiger charge is 2.37. The van der Waals surface area contributed by atoms with E-state index >= 15 is 0 Å². The van der Waals surface area contributed by atoms with Crippen molar-refractivity contribution in [2.75, 3.05) is 6.61 Å². The molecule has 1 saturated heterocycles. The minimum Gasteiger partial charge on any atom is -0.494 e. The molecule has 0 saturated carbocycles. The van der Waals surface area contributed by atoms with Crippen LogP contribution in [0.2, 0.25) is 0 Å². The van der Waals surface area contributed by atoms with Crippen LogP contribution in [0, 0.1) is 0 Å². The van der Waals surface area contributed by atoms with Gasteiger partial charge in [0.15, 0.2) is 5.78 Å². The van der Waals surface area contributed by atoms with Crippen LogP contribution in [0.3, 0.4) is 0 Å². The van der Waals surface area contributed by atoms with Crippen LogP contribution >= 0.6 is 0 Å². The lowest BCUT2D eigenvalue weighted by Gasteiger charge is -2.17. The van der Waals surface area contributed by atoms with Crippen LogP contribution in [-0.4, -0.2) is 35.3 Å². The Morgan fingerprint density at radius 1 is 1.30 bits per heavy atom. The zero-order valence-electron chi connectivity index (χ0n) is 13.7. The maximum atomic E-state index is 12.3. The summed E-state index contributed by atoms with van der Waals surface area (Å²) in [4.78, 5) is 37.1. The molecule has 6 heteroatoms. The van der Waals surface area contributed by atoms with E-state index in [0.29, 0.717) is 29.9 Å². The minimum absolute atomic E-state index is 0.0737. The molecule has 2 rings (SSSR count). The number of hydrogen-bond donors (Lipinski definition) is 1. The van der Waals surface area contributed by atoms with Crippen molar-refractivity contribution >= 4 is 17.7 Å². The molecule has 1 heterocycles. The number of ether oxygens (including phenoxy) is 1. The van der Waals surface area contributed by atoms with Gasteiger partial charge in [0.2, 0.25) is 0 Å². The molecule has 1 aliphatic rings. The molecule has 23 heavy (non-hydrogen) atoms. The number of nitrogens with one attached hydrogen (secondary N) is 1. The Morgan fingerprint density at radius 2 is 2.04 bits per heavy atom. The van der Waals surface area contributed by atoms with Crippen LogP contribution < -0.4 is 10.1 Å². The van der Waals surface area contributed by atoms with Crippen LogP contribution in [0.25, 0.3) is 0 Å². The maximum Gasteiger partial charge on any atom is 0.325 e. The highest BCUT2D eigenvalue weighted by atomic mass is 16.5. The first-order chi connectivity index (χ1) is 11.0. The largest absolute Gasteiger partial charge is 0.494 e. The highest BCUT2D eigenvalue weighted by Crippen LogP contribution is 2.24. The first-order valence-electron chi connectivity index (χ1n) is 7.86. The van der Waals surface area contributed by atoms with E-state index in [1.54, 1.807) is 18.2 Å². The zero-order chi connectivity index (χ0) is 17.0. The van der Waals surface area contributed by atoms with Crippen molar-refractivity contribution in [2.24, 2.45) is 0 Å². The van der Waals surface area contributed by atoms with Gasteiger partial charge in [-0.05, 0) is 38.5 Å². The van der Waals surface area contributed by atoms with Crippen molar-refractivity contribution in [2.45, 2.75) is 46.2 Å². The summed E-state index contributed by atoms with van der Waals surface area (Å²) in [5, 5.41) is 2.69. The van der Waals surface area contributed by atoms with Gasteiger partial charge in [0.1, 0.15) is 11.8 Å². The molecule has 1 aromatic carbocycles. The van der Waals surface area contributed by atoms with E-state index in [9.17, 15) is 14.4 Å². The molecular weight excluding hydrogens is 296 g/mol. The molecule has 1 fully saturated rings. The first kappa shape index (κ1) is 17.0. The molecule has 0 radical (unpaired) electrons. The third kappa shape index (κ3) is 3.70. The van der Waals surface area contributed by atoms with Crippen molar-refractivity contribution in [3.63, 3.8) is 0 Å². The topological polar surface area (TPSA) is 75.7 Å². The molecule has 3 amide bonds. The molecule has 0 aromatic heterocycles. The van der Waals surface area contributed by atoms with Gasteiger partial charge >= 0.3 is 6.03 Å². The van der Waals surface area contributed by atoms with E-state index in [-0.39, 0.29) is 18.2 Å². The predicted octanol–water partition coefficient (Wildman–Crippen LogP) is 2.51. The number of ketones is 1. The first-order valence-corrected chi connectivity index (χ1v) is 7.86. The molecule has 1 unspecified atom stereocenters. The van der Waals surface area contributed by atoms with Crippen molar-refractivity contribution < 1.29 is 19.1 Å². The number of amides is 3. The van der Waals surface area contributed by atoms with Gasteiger partial charge in [-0.3, -0.25) is 14.5 Å². The number of urea groups is 1. The van der Waals surface area contributed by atoms with Crippen molar-refractivity contribution in [3.8, 4) is 5.75 Å². The summed E-state index contributed by atoms with van der Waals surface area (Å²) in [6.07, 6.45) is 1.43. The quantitative estimate of drug-likeness (QED) is 0.619. The molecular formula is C17H22N2O4. The second-order valence-corrected chi connectivity index (χ2v) is 5.53. The maximum absolute atomic E-state index is 12.3. The number of carbonyl (C=O) groups excluding carboxylic acids is 3. The van der Waals surface area contributed by atoms with Gasteiger partial charge in [-0.1, -0.05) is 13.3 Å². The molecule has 1 atom stereocenters. The Bertz CT molecular complexity index is 627. The summed E-state index contributed by atoms with van der Waals surface area (Å²) in [6.45, 7) is 5.86. The van der Waals surface area contributed by atoms with Gasteiger partial charge in [-0.2, -0.15) is 0 Å². The Morgan fingerprint density at radius 3 is 2.65 bits per heavy atom. The number of Topliss-reactive ketones (excluding diaryl/α,β-unsaturated/α-hetero) is 1. The Kier molecular flexibility index (Phi) is 5.36. The molecule has 124 valence electrons. The fourth-order valence-corrected chi connectivity index (χ4v) is 2.60. The van der Waals surface area contributed by atoms with E-state index in [0.717, 1.165) is 6.42 Å². The normalized spacial score (nSPS) is 17.3. The van der Waals surface area contributed by atoms with E-state index < -0.39 is 12.1 Å². The Hall–Kier alpha value is -2.37. The average molecular weight is 318 g/mol. The van der Waals surface area contributed by atoms with Crippen molar-refractivity contribution in [1.82, 2.24) is 10.2 Å². The standard InChI is InChI=1S/C17H22N2O4/c1-4-6-14-16(21)19(17(22)18-14)10-13-9-12(11(3)20)7-8-15(13)23-5-2/h7-9,14H,4-6,10H2,1-3H3,(H,18,22). The molecule has 0 spiro atoms. The minimum atomic E-state index is -0.459. The molecule has 1 aliphatic heterocycles. The third-order valence-electron chi connectivity index (χ3n) is 3.78. The summed E-state index contributed by atoms with van der Waals surface area (Å²) in [7, 11) is 0. The summed E-state index contributed by atoms with van der Waals surface area (Å²) in [6, 6.07) is 4.21. The van der Waals surface area contributed by atoms with Crippen LogP contribution in [0.1, 0.15) is 49.5 Å². The van der Waals surface area contributed by atoms with Gasteiger partial charge in [0.05, 0.1) is 13.2 Å². The predicted molar refractivity (Wildman–Crippen MR) is 85.4 cm³/mol. The molecule has 1 aromatic rings. The Labute approximate surface area is 135 Å². The summed E-state index contributed by atoms with van der Waals surface area (Å²) in [5.74, 6) is 0.278. The van der Waals surface area contributed by atoms with E-state index in [1.165, 1.54) is 11.8 Å². The Balaban J connectivity index is 2.27. The number of benzene rings is 1. The van der Waals surface area contributed by atoms with Gasteiger partial charge < -0.3 is 10.1 Å². The van der Waals surface area contributed by atoms with Gasteiger partial charge in [-0.15, -0.1) is 0 Å². The van der Waals surface area contributed by atoms with Crippen LogP contribution in [-0.2, 0) is 11.3 Å².